The van der Waals surface area contributed by atoms with Crippen LogP contribution in [0.15, 0.2) is 0 Å². The van der Waals surface area contributed by atoms with Crippen LogP contribution in [-0.2, 0) is 33.6 Å². The van der Waals surface area contributed by atoms with E-state index >= 15 is 0 Å². The van der Waals surface area contributed by atoms with Gasteiger partial charge in [-0.15, -0.1) is 0 Å². The first-order chi connectivity index (χ1) is 27.2. The topological polar surface area (TPSA) is 263 Å². The lowest BCUT2D eigenvalue weighted by Crippen LogP contribution is -2.55. The van der Waals surface area contributed by atoms with Gasteiger partial charge in [-0.1, -0.05) is 20.8 Å². The van der Waals surface area contributed by atoms with Crippen molar-refractivity contribution in [2.24, 2.45) is 46.3 Å². The summed E-state index contributed by atoms with van der Waals surface area (Å²) >= 11 is 0. The van der Waals surface area contributed by atoms with Crippen LogP contribution in [-0.4, -0.2) is 152 Å². The van der Waals surface area contributed by atoms with Crippen molar-refractivity contribution in [3.63, 3.8) is 0 Å². The summed E-state index contributed by atoms with van der Waals surface area (Å²) in [5, 5.41) is 59.9. The molecule has 0 radical (unpaired) electrons. The van der Waals surface area contributed by atoms with Gasteiger partial charge >= 0.3 is 35.8 Å². The molecule has 0 heterocycles. The summed E-state index contributed by atoms with van der Waals surface area (Å²) in [5.74, 6) is -4.14. The van der Waals surface area contributed by atoms with Crippen LogP contribution in [0.4, 0.5) is 0 Å². The predicted octanol–water partition coefficient (Wildman–Crippen LogP) is 3.11. The highest BCUT2D eigenvalue weighted by molar-refractivity contribution is 5.79. The monoisotopic (exact) mass is 822 g/mol. The molecule has 58 heavy (non-hydrogen) atoms. The second kappa shape index (κ2) is 20.4. The lowest BCUT2D eigenvalue weighted by Gasteiger charge is -2.61. The zero-order valence-electron chi connectivity index (χ0n) is 34.4. The Hall–Kier alpha value is -3.83. The number of carbonyl (C=O) groups excluding carboxylic acids is 1. The number of nitrogens with one attached hydrogen (secondary N) is 1. The molecule has 17 nitrogen and oxygen atoms in total. The Morgan fingerprint density at radius 1 is 0.621 bits per heavy atom. The van der Waals surface area contributed by atoms with Crippen LogP contribution >= 0.6 is 0 Å². The van der Waals surface area contributed by atoms with E-state index < -0.39 is 68.0 Å². The Bertz CT molecular complexity index is 1440. The number of carboxylic acid groups (broad SMARTS) is 6. The molecule has 1 amide bonds. The molecule has 0 unspecified atom stereocenters. The molecule has 0 aromatic rings. The Kier molecular flexibility index (Phi) is 16.5. The minimum absolute atomic E-state index is 0.0532. The van der Waals surface area contributed by atoms with Gasteiger partial charge in [0.1, 0.15) is 6.04 Å². The molecule has 0 saturated heterocycles. The highest BCUT2D eigenvalue weighted by Crippen LogP contribution is 2.68. The van der Waals surface area contributed by atoms with Gasteiger partial charge in [-0.05, 0) is 117 Å². The second-order valence-corrected chi connectivity index (χ2v) is 18.3. The summed E-state index contributed by atoms with van der Waals surface area (Å²) < 4.78 is 0. The van der Waals surface area contributed by atoms with E-state index in [0.29, 0.717) is 35.5 Å². The quantitative estimate of drug-likeness (QED) is 0.0738. The van der Waals surface area contributed by atoms with Crippen molar-refractivity contribution < 1.29 is 64.2 Å². The molecule has 4 saturated carbocycles. The lowest BCUT2D eigenvalue weighted by molar-refractivity contribution is -0.146. The standard InChI is InChI=1S/C41H66N4O13/c1-25(4-11-34(47)48)29-7-8-30-28-6-5-26-20-27(12-14-40(26,2)31(28)13-15-41(29,30)3)42-33(46)10-9-32(39(57)58)45(18-16-43(21-35(49)50)22-36(51)52)19-17-44(23-37(53)54)24-38(55)56/h25-32H,4-24H2,1-3H3,(H,42,46)(H,47,48)(H,49,50)(H,51,52)(H,53,54)(H,55,56)(H,57,58)/t25-,26-,27+,28+,29-,30+,31+,32+,40+,41-/m1/s1. The van der Waals surface area contributed by atoms with Crippen molar-refractivity contribution in [3.05, 3.63) is 0 Å². The maximum atomic E-state index is 13.4. The molecule has 0 spiro atoms. The maximum absolute atomic E-state index is 13.4. The van der Waals surface area contributed by atoms with E-state index in [1.54, 1.807) is 0 Å². The number of hydrogen-bond acceptors (Lipinski definition) is 10. The lowest BCUT2D eigenvalue weighted by atomic mass is 9.44. The SMILES string of the molecule is C[C@H](CCC(=O)O)[C@H]1CC[C@H]2[C@@H]3CC[C@@H]4C[C@@H](NC(=O)CC[C@@H](C(=O)O)N(CCN(CC(=O)O)CC(=O)O)CCN(CC(=O)O)CC(=O)O)CC[C@]4(C)[C@H]3CC[C@]12C. The normalized spacial score (nSPS) is 30.2. The third kappa shape index (κ3) is 12.1. The Morgan fingerprint density at radius 2 is 1.16 bits per heavy atom. The van der Waals surface area contributed by atoms with Gasteiger partial charge in [0, 0.05) is 45.1 Å². The minimum atomic E-state index is -1.28. The van der Waals surface area contributed by atoms with Crippen molar-refractivity contribution in [3.8, 4) is 0 Å². The molecular weight excluding hydrogens is 756 g/mol. The highest BCUT2D eigenvalue weighted by Gasteiger charge is 2.60. The summed E-state index contributed by atoms with van der Waals surface area (Å²) in [7, 11) is 0. The summed E-state index contributed by atoms with van der Waals surface area (Å²) in [5.41, 5.74) is 0.404. The van der Waals surface area contributed by atoms with Crippen LogP contribution in [0.5, 0.6) is 0 Å². The molecule has 328 valence electrons. The number of carboxylic acids is 6. The third-order valence-corrected chi connectivity index (χ3v) is 14.8. The molecule has 0 aliphatic heterocycles. The van der Waals surface area contributed by atoms with Gasteiger partial charge in [0.15, 0.2) is 0 Å². The van der Waals surface area contributed by atoms with Crippen molar-refractivity contribution in [1.29, 1.82) is 0 Å². The molecule has 7 N–H and O–H groups in total. The average molecular weight is 823 g/mol. The summed E-state index contributed by atoms with van der Waals surface area (Å²) in [4.78, 5) is 86.6. The van der Waals surface area contributed by atoms with Crippen LogP contribution in [0.2, 0.25) is 0 Å². The number of nitrogens with zero attached hydrogens (tertiary/aromatic N) is 3. The van der Waals surface area contributed by atoms with Crippen LogP contribution in [0.3, 0.4) is 0 Å². The molecule has 4 aliphatic rings. The number of hydrogen-bond donors (Lipinski definition) is 7. The van der Waals surface area contributed by atoms with Crippen LogP contribution in [0, 0.1) is 46.3 Å². The third-order valence-electron chi connectivity index (χ3n) is 14.8. The fourth-order valence-corrected chi connectivity index (χ4v) is 12.1. The Balaban J connectivity index is 1.37. The van der Waals surface area contributed by atoms with Gasteiger partial charge < -0.3 is 36.0 Å². The number of rotatable bonds is 24. The van der Waals surface area contributed by atoms with Crippen molar-refractivity contribution in [1.82, 2.24) is 20.0 Å². The molecule has 0 bridgehead atoms. The van der Waals surface area contributed by atoms with Crippen molar-refractivity contribution in [2.45, 2.75) is 116 Å². The first-order valence-corrected chi connectivity index (χ1v) is 21.0. The first-order valence-electron chi connectivity index (χ1n) is 21.0. The zero-order chi connectivity index (χ0) is 42.9. The molecule has 4 aliphatic carbocycles. The molecule has 0 aromatic heterocycles. The Morgan fingerprint density at radius 3 is 1.67 bits per heavy atom. The van der Waals surface area contributed by atoms with Gasteiger partial charge in [-0.2, -0.15) is 0 Å². The van der Waals surface area contributed by atoms with E-state index in [-0.39, 0.29) is 68.2 Å². The highest BCUT2D eigenvalue weighted by atomic mass is 16.4. The van der Waals surface area contributed by atoms with Gasteiger partial charge in [0.05, 0.1) is 26.2 Å². The predicted molar refractivity (Wildman–Crippen MR) is 209 cm³/mol. The fourth-order valence-electron chi connectivity index (χ4n) is 12.1. The van der Waals surface area contributed by atoms with Crippen LogP contribution in [0.25, 0.3) is 0 Å². The van der Waals surface area contributed by atoms with E-state index in [1.165, 1.54) is 30.6 Å². The Labute approximate surface area is 340 Å². The second-order valence-electron chi connectivity index (χ2n) is 18.3. The first kappa shape index (κ1) is 46.9. The molecule has 17 heteroatoms. The summed E-state index contributed by atoms with van der Waals surface area (Å²) in [6.45, 7) is 4.07. The molecule has 4 rings (SSSR count). The number of amides is 1. The van der Waals surface area contributed by atoms with E-state index in [9.17, 15) is 64.2 Å². The average Bonchev–Trinajstić information content (AvgIpc) is 3.47. The van der Waals surface area contributed by atoms with Crippen molar-refractivity contribution in [2.75, 3.05) is 52.4 Å². The van der Waals surface area contributed by atoms with E-state index in [1.807, 2.05) is 0 Å². The molecule has 10 atom stereocenters. The number of aliphatic carboxylic acids is 6. The zero-order valence-corrected chi connectivity index (χ0v) is 34.4. The smallest absolute Gasteiger partial charge is 0.320 e. The van der Waals surface area contributed by atoms with Gasteiger partial charge in [0.2, 0.25) is 5.91 Å². The van der Waals surface area contributed by atoms with E-state index in [2.05, 4.69) is 26.1 Å². The minimum Gasteiger partial charge on any atom is -0.481 e. The van der Waals surface area contributed by atoms with Gasteiger partial charge in [-0.25, -0.2) is 0 Å². The molecular formula is C41H66N4O13. The largest absolute Gasteiger partial charge is 0.481 e. The van der Waals surface area contributed by atoms with Crippen LogP contribution < -0.4 is 5.32 Å². The van der Waals surface area contributed by atoms with E-state index in [0.717, 1.165) is 48.3 Å². The molecule has 0 aromatic carbocycles. The molecule has 4 fully saturated rings. The van der Waals surface area contributed by atoms with E-state index in [4.69, 9.17) is 0 Å². The summed E-state index contributed by atoms with van der Waals surface area (Å²) in [6.07, 6.45) is 10.3. The fraction of sp³-hybridized carbons (Fsp3) is 0.829. The summed E-state index contributed by atoms with van der Waals surface area (Å²) in [6, 6.07) is -1.33. The number of carbonyl (C=O) groups is 7. The van der Waals surface area contributed by atoms with Gasteiger partial charge in [-0.3, -0.25) is 48.3 Å². The van der Waals surface area contributed by atoms with Crippen molar-refractivity contribution >= 4 is 41.7 Å². The van der Waals surface area contributed by atoms with Gasteiger partial charge in [0.25, 0.3) is 0 Å². The van der Waals surface area contributed by atoms with Crippen LogP contribution in [0.1, 0.15) is 104 Å². The number of fused-ring (bicyclic) bond motifs is 5. The maximum Gasteiger partial charge on any atom is 0.320 e.